The molecule has 0 bridgehead atoms. The summed E-state index contributed by atoms with van der Waals surface area (Å²) in [7, 11) is 0. The van der Waals surface area contributed by atoms with Crippen molar-refractivity contribution in [2.75, 3.05) is 26.4 Å². The number of hydrogen-bond donors (Lipinski definition) is 2. The molecule has 2 N–H and O–H groups in total. The van der Waals surface area contributed by atoms with Crippen molar-refractivity contribution in [1.82, 2.24) is 15.5 Å². The number of rotatable bonds is 7. The van der Waals surface area contributed by atoms with Crippen LogP contribution in [0.15, 0.2) is 4.52 Å². The molecule has 0 radical (unpaired) electrons. The van der Waals surface area contributed by atoms with E-state index in [1.807, 2.05) is 0 Å². The van der Waals surface area contributed by atoms with Gasteiger partial charge in [0.15, 0.2) is 5.82 Å². The molecule has 14 heavy (non-hydrogen) atoms. The molecule has 0 aliphatic heterocycles. The van der Waals surface area contributed by atoms with Crippen LogP contribution in [0.25, 0.3) is 0 Å². The fraction of sp³-hybridized carbons (Fsp3) is 0.750. The summed E-state index contributed by atoms with van der Waals surface area (Å²) in [5.41, 5.74) is 0. The Kier molecular flexibility index (Phi) is 5.13. The largest absolute Gasteiger partial charge is 0.394 e. The molecule has 1 rings (SSSR count). The zero-order chi connectivity index (χ0) is 10.2. The number of hydrogen-bond acceptors (Lipinski definition) is 6. The molecule has 0 saturated carbocycles. The van der Waals surface area contributed by atoms with Crippen LogP contribution in [0, 0.1) is 6.92 Å². The highest BCUT2D eigenvalue weighted by Crippen LogP contribution is 1.93. The summed E-state index contributed by atoms with van der Waals surface area (Å²) in [6, 6.07) is 0. The van der Waals surface area contributed by atoms with Gasteiger partial charge < -0.3 is 19.7 Å². The molecular weight excluding hydrogens is 186 g/mol. The van der Waals surface area contributed by atoms with Gasteiger partial charge in [-0.15, -0.1) is 0 Å². The molecule has 6 heteroatoms. The van der Waals surface area contributed by atoms with Crippen LogP contribution < -0.4 is 5.32 Å². The van der Waals surface area contributed by atoms with Crippen LogP contribution in [0.2, 0.25) is 0 Å². The Bertz CT molecular complexity index is 252. The van der Waals surface area contributed by atoms with Gasteiger partial charge in [-0.2, -0.15) is 4.98 Å². The number of ether oxygens (including phenoxy) is 1. The van der Waals surface area contributed by atoms with Crippen molar-refractivity contribution in [1.29, 1.82) is 0 Å². The van der Waals surface area contributed by atoms with E-state index in [2.05, 4.69) is 15.5 Å². The SMILES string of the molecule is Cc1nc(CNCCOCCO)no1. The summed E-state index contributed by atoms with van der Waals surface area (Å²) in [6.45, 7) is 4.03. The van der Waals surface area contributed by atoms with Crippen LogP contribution in [-0.4, -0.2) is 41.6 Å². The highest BCUT2D eigenvalue weighted by atomic mass is 16.5. The minimum absolute atomic E-state index is 0.0596. The van der Waals surface area contributed by atoms with Crippen molar-refractivity contribution in [3.05, 3.63) is 11.7 Å². The van der Waals surface area contributed by atoms with Gasteiger partial charge in [0.1, 0.15) is 0 Å². The van der Waals surface area contributed by atoms with E-state index in [-0.39, 0.29) is 6.61 Å². The highest BCUT2D eigenvalue weighted by Gasteiger charge is 1.99. The molecule has 1 aromatic rings. The number of nitrogens with one attached hydrogen (secondary N) is 1. The van der Waals surface area contributed by atoms with Gasteiger partial charge in [-0.1, -0.05) is 5.16 Å². The Balaban J connectivity index is 1.99. The van der Waals surface area contributed by atoms with Crippen molar-refractivity contribution >= 4 is 0 Å². The van der Waals surface area contributed by atoms with E-state index in [1.165, 1.54) is 0 Å². The first-order chi connectivity index (χ1) is 6.83. The second-order valence-corrected chi connectivity index (χ2v) is 2.74. The quantitative estimate of drug-likeness (QED) is 0.578. The Morgan fingerprint density at radius 1 is 1.50 bits per heavy atom. The minimum Gasteiger partial charge on any atom is -0.394 e. The molecule has 0 unspecified atom stereocenters. The predicted molar refractivity (Wildman–Crippen MR) is 48.6 cm³/mol. The van der Waals surface area contributed by atoms with Crippen LogP contribution >= 0.6 is 0 Å². The maximum atomic E-state index is 8.43. The first kappa shape index (κ1) is 11.1. The van der Waals surface area contributed by atoms with Gasteiger partial charge in [0, 0.05) is 13.5 Å². The smallest absolute Gasteiger partial charge is 0.223 e. The maximum Gasteiger partial charge on any atom is 0.223 e. The normalized spacial score (nSPS) is 10.7. The summed E-state index contributed by atoms with van der Waals surface area (Å²) >= 11 is 0. The van der Waals surface area contributed by atoms with E-state index in [1.54, 1.807) is 6.92 Å². The zero-order valence-electron chi connectivity index (χ0n) is 8.19. The average Bonchev–Trinajstić information content (AvgIpc) is 2.58. The molecule has 1 aromatic heterocycles. The second-order valence-electron chi connectivity index (χ2n) is 2.74. The zero-order valence-corrected chi connectivity index (χ0v) is 8.19. The fourth-order valence-corrected chi connectivity index (χ4v) is 0.924. The topological polar surface area (TPSA) is 80.4 Å². The van der Waals surface area contributed by atoms with Crippen LogP contribution in [0.1, 0.15) is 11.7 Å². The number of aliphatic hydroxyl groups excluding tert-OH is 1. The van der Waals surface area contributed by atoms with E-state index in [9.17, 15) is 0 Å². The van der Waals surface area contributed by atoms with Gasteiger partial charge in [-0.3, -0.25) is 0 Å². The van der Waals surface area contributed by atoms with Crippen LogP contribution in [0.4, 0.5) is 0 Å². The summed E-state index contributed by atoms with van der Waals surface area (Å²) in [5.74, 6) is 1.21. The lowest BCUT2D eigenvalue weighted by Gasteiger charge is -2.02. The van der Waals surface area contributed by atoms with Crippen molar-refractivity contribution < 1.29 is 14.4 Å². The van der Waals surface area contributed by atoms with Gasteiger partial charge in [0.05, 0.1) is 26.4 Å². The van der Waals surface area contributed by atoms with Crippen molar-refractivity contribution in [2.45, 2.75) is 13.5 Å². The summed E-state index contributed by atoms with van der Waals surface area (Å²) < 4.78 is 9.84. The standard InChI is InChI=1S/C8H15N3O3/c1-7-10-8(11-14-7)6-9-2-4-13-5-3-12/h9,12H,2-6H2,1H3. The molecule has 0 amide bonds. The summed E-state index contributed by atoms with van der Waals surface area (Å²) in [4.78, 5) is 4.02. The molecule has 1 heterocycles. The molecule has 80 valence electrons. The summed E-state index contributed by atoms with van der Waals surface area (Å²) in [6.07, 6.45) is 0. The highest BCUT2D eigenvalue weighted by molar-refractivity contribution is 4.82. The van der Waals surface area contributed by atoms with Crippen molar-refractivity contribution in [2.24, 2.45) is 0 Å². The molecule has 0 spiro atoms. The number of aromatic nitrogens is 2. The van der Waals surface area contributed by atoms with Crippen molar-refractivity contribution in [3.8, 4) is 0 Å². The first-order valence-electron chi connectivity index (χ1n) is 4.51. The third-order valence-electron chi connectivity index (χ3n) is 1.51. The number of aliphatic hydroxyl groups is 1. The number of aryl methyl sites for hydroxylation is 1. The molecular formula is C8H15N3O3. The van der Waals surface area contributed by atoms with E-state index in [4.69, 9.17) is 14.4 Å². The molecule has 0 fully saturated rings. The molecule has 0 aromatic carbocycles. The third-order valence-corrected chi connectivity index (χ3v) is 1.51. The lowest BCUT2D eigenvalue weighted by Crippen LogP contribution is -2.20. The fourth-order valence-electron chi connectivity index (χ4n) is 0.924. The molecule has 0 aliphatic carbocycles. The van der Waals surface area contributed by atoms with E-state index in [0.717, 1.165) is 0 Å². The Morgan fingerprint density at radius 2 is 2.36 bits per heavy atom. The predicted octanol–water partition coefficient (Wildman–Crippen LogP) is -0.523. The van der Waals surface area contributed by atoms with E-state index >= 15 is 0 Å². The first-order valence-corrected chi connectivity index (χ1v) is 4.51. The van der Waals surface area contributed by atoms with Gasteiger partial charge in [-0.25, -0.2) is 0 Å². The van der Waals surface area contributed by atoms with Crippen LogP contribution in [-0.2, 0) is 11.3 Å². The molecule has 0 aliphatic rings. The third kappa shape index (κ3) is 4.31. The van der Waals surface area contributed by atoms with Gasteiger partial charge in [-0.05, 0) is 0 Å². The Hall–Kier alpha value is -0.980. The van der Waals surface area contributed by atoms with E-state index in [0.29, 0.717) is 38.0 Å². The molecule has 0 atom stereocenters. The average molecular weight is 201 g/mol. The summed E-state index contributed by atoms with van der Waals surface area (Å²) in [5, 5.41) is 15.2. The Labute approximate surface area is 82.3 Å². The monoisotopic (exact) mass is 201 g/mol. The van der Waals surface area contributed by atoms with Gasteiger partial charge in [0.2, 0.25) is 5.89 Å². The lowest BCUT2D eigenvalue weighted by molar-refractivity contribution is 0.0937. The van der Waals surface area contributed by atoms with Crippen LogP contribution in [0.5, 0.6) is 0 Å². The van der Waals surface area contributed by atoms with Gasteiger partial charge >= 0.3 is 0 Å². The second kappa shape index (κ2) is 6.47. The van der Waals surface area contributed by atoms with Crippen LogP contribution in [0.3, 0.4) is 0 Å². The number of nitrogens with zero attached hydrogens (tertiary/aromatic N) is 2. The molecule has 0 saturated heterocycles. The Morgan fingerprint density at radius 3 is 3.00 bits per heavy atom. The van der Waals surface area contributed by atoms with Crippen molar-refractivity contribution in [3.63, 3.8) is 0 Å². The lowest BCUT2D eigenvalue weighted by atomic mass is 10.5. The van der Waals surface area contributed by atoms with Gasteiger partial charge in [0.25, 0.3) is 0 Å². The molecule has 6 nitrogen and oxygen atoms in total. The maximum absolute atomic E-state index is 8.43. The minimum atomic E-state index is 0.0596. The van der Waals surface area contributed by atoms with E-state index < -0.39 is 0 Å².